The van der Waals surface area contributed by atoms with Crippen LogP contribution in [-0.4, -0.2) is 46.2 Å². The number of carbonyl (C=O) groups excluding carboxylic acids is 2. The van der Waals surface area contributed by atoms with Crippen molar-refractivity contribution in [3.8, 4) is 0 Å². The monoisotopic (exact) mass is 362 g/mol. The number of aliphatic hydroxyl groups excluding tert-OH is 3. The SMILES string of the molecule is CC12CCC(=O)C=C1CCC1C2C(O)CC2(CO)C(C(=O)CO)CCC12. The molecule has 0 heterocycles. The van der Waals surface area contributed by atoms with E-state index in [1.54, 1.807) is 0 Å². The van der Waals surface area contributed by atoms with E-state index >= 15 is 0 Å². The second kappa shape index (κ2) is 6.25. The fraction of sp³-hybridized carbons (Fsp3) is 0.810. The van der Waals surface area contributed by atoms with E-state index in [-0.39, 0.29) is 47.3 Å². The van der Waals surface area contributed by atoms with Gasteiger partial charge >= 0.3 is 0 Å². The highest BCUT2D eigenvalue weighted by Gasteiger charge is 2.64. The molecule has 7 unspecified atom stereocenters. The van der Waals surface area contributed by atoms with E-state index in [4.69, 9.17) is 0 Å². The largest absolute Gasteiger partial charge is 0.396 e. The fourth-order valence-electron chi connectivity index (χ4n) is 7.36. The molecule has 0 bridgehead atoms. The molecular weight excluding hydrogens is 332 g/mol. The highest BCUT2D eigenvalue weighted by Crippen LogP contribution is 2.66. The van der Waals surface area contributed by atoms with Gasteiger partial charge in [-0.25, -0.2) is 0 Å². The molecule has 7 atom stereocenters. The second-order valence-corrected chi connectivity index (χ2v) is 9.31. The molecule has 5 heteroatoms. The number of allylic oxidation sites excluding steroid dienone is 1. The number of rotatable bonds is 3. The van der Waals surface area contributed by atoms with E-state index in [9.17, 15) is 24.9 Å². The molecule has 0 aromatic rings. The van der Waals surface area contributed by atoms with Crippen molar-refractivity contribution >= 4 is 11.6 Å². The molecule has 144 valence electrons. The van der Waals surface area contributed by atoms with E-state index in [1.807, 2.05) is 6.08 Å². The normalized spacial score (nSPS) is 47.6. The maximum atomic E-state index is 12.3. The van der Waals surface area contributed by atoms with Crippen LogP contribution in [0.4, 0.5) is 0 Å². The summed E-state index contributed by atoms with van der Waals surface area (Å²) in [5, 5.41) is 30.9. The lowest BCUT2D eigenvalue weighted by Crippen LogP contribution is -2.59. The topological polar surface area (TPSA) is 94.8 Å². The summed E-state index contributed by atoms with van der Waals surface area (Å²) in [6, 6.07) is 0. The molecule has 0 aromatic carbocycles. The lowest BCUT2D eigenvalue weighted by atomic mass is 9.45. The van der Waals surface area contributed by atoms with Gasteiger partial charge in [0.25, 0.3) is 0 Å². The Labute approximate surface area is 154 Å². The lowest BCUT2D eigenvalue weighted by Gasteiger charge is -2.60. The number of hydrogen-bond acceptors (Lipinski definition) is 5. The van der Waals surface area contributed by atoms with Crippen molar-refractivity contribution in [2.75, 3.05) is 13.2 Å². The summed E-state index contributed by atoms with van der Waals surface area (Å²) >= 11 is 0. The molecule has 4 aliphatic carbocycles. The van der Waals surface area contributed by atoms with Crippen molar-refractivity contribution < 1.29 is 24.9 Å². The number of fused-ring (bicyclic) bond motifs is 5. The summed E-state index contributed by atoms with van der Waals surface area (Å²) < 4.78 is 0. The molecule has 3 fully saturated rings. The highest BCUT2D eigenvalue weighted by atomic mass is 16.3. The molecule has 5 nitrogen and oxygen atoms in total. The predicted octanol–water partition coefficient (Wildman–Crippen LogP) is 1.64. The van der Waals surface area contributed by atoms with Gasteiger partial charge in [0, 0.05) is 24.4 Å². The third-order valence-electron chi connectivity index (χ3n) is 8.46. The van der Waals surface area contributed by atoms with Crippen LogP contribution >= 0.6 is 0 Å². The maximum absolute atomic E-state index is 12.3. The third-order valence-corrected chi connectivity index (χ3v) is 8.46. The van der Waals surface area contributed by atoms with Gasteiger partial charge in [0.15, 0.2) is 11.6 Å². The Morgan fingerprint density at radius 3 is 2.69 bits per heavy atom. The van der Waals surface area contributed by atoms with Crippen molar-refractivity contribution in [1.82, 2.24) is 0 Å². The van der Waals surface area contributed by atoms with Gasteiger partial charge in [-0.1, -0.05) is 12.5 Å². The van der Waals surface area contributed by atoms with Gasteiger partial charge in [-0.15, -0.1) is 0 Å². The predicted molar refractivity (Wildman–Crippen MR) is 95.1 cm³/mol. The summed E-state index contributed by atoms with van der Waals surface area (Å²) in [5.74, 6) is 0.202. The van der Waals surface area contributed by atoms with Crippen molar-refractivity contribution in [3.63, 3.8) is 0 Å². The summed E-state index contributed by atoms with van der Waals surface area (Å²) in [6.45, 7) is 1.60. The molecule has 0 saturated heterocycles. The first-order valence-corrected chi connectivity index (χ1v) is 10.0. The van der Waals surface area contributed by atoms with Crippen LogP contribution in [0.3, 0.4) is 0 Å². The third kappa shape index (κ3) is 2.33. The Balaban J connectivity index is 1.72. The Hall–Kier alpha value is -1.04. The van der Waals surface area contributed by atoms with E-state index in [1.165, 1.54) is 5.57 Å². The molecule has 4 rings (SSSR count). The zero-order valence-corrected chi connectivity index (χ0v) is 15.5. The fourth-order valence-corrected chi connectivity index (χ4v) is 7.36. The van der Waals surface area contributed by atoms with Crippen LogP contribution in [0, 0.1) is 34.5 Å². The minimum Gasteiger partial charge on any atom is -0.396 e. The molecular formula is C21H30O5. The number of aliphatic hydroxyl groups is 3. The summed E-state index contributed by atoms with van der Waals surface area (Å²) in [4.78, 5) is 24.2. The quantitative estimate of drug-likeness (QED) is 0.709. The Bertz CT molecular complexity index is 655. The smallest absolute Gasteiger partial charge is 0.161 e. The Kier molecular flexibility index (Phi) is 4.41. The molecule has 0 spiro atoms. The summed E-state index contributed by atoms with van der Waals surface area (Å²) in [5.41, 5.74) is 0.436. The maximum Gasteiger partial charge on any atom is 0.161 e. The van der Waals surface area contributed by atoms with Crippen molar-refractivity contribution in [2.45, 2.75) is 58.0 Å². The molecule has 4 aliphatic rings. The highest BCUT2D eigenvalue weighted by molar-refractivity contribution is 5.91. The molecule has 3 saturated carbocycles. The van der Waals surface area contributed by atoms with Crippen LogP contribution in [0.15, 0.2) is 11.6 Å². The van der Waals surface area contributed by atoms with Gasteiger partial charge in [0.2, 0.25) is 0 Å². The van der Waals surface area contributed by atoms with Crippen molar-refractivity contribution in [1.29, 1.82) is 0 Å². The number of Topliss-reactive ketones (excluding diaryl/α,β-unsaturated/α-hetero) is 1. The number of hydrogen-bond donors (Lipinski definition) is 3. The lowest BCUT2D eigenvalue weighted by molar-refractivity contribution is -0.158. The van der Waals surface area contributed by atoms with Crippen LogP contribution in [0.1, 0.15) is 51.9 Å². The van der Waals surface area contributed by atoms with Gasteiger partial charge in [-0.05, 0) is 67.8 Å². The molecule has 3 N–H and O–H groups in total. The molecule has 0 radical (unpaired) electrons. The first-order chi connectivity index (χ1) is 12.4. The van der Waals surface area contributed by atoms with Crippen molar-refractivity contribution in [3.05, 3.63) is 11.6 Å². The minimum atomic E-state index is -0.595. The zero-order chi connectivity index (χ0) is 18.7. The van der Waals surface area contributed by atoms with Crippen molar-refractivity contribution in [2.24, 2.45) is 34.5 Å². The Morgan fingerprint density at radius 1 is 1.23 bits per heavy atom. The number of ketones is 2. The van der Waals surface area contributed by atoms with Crippen LogP contribution in [0.5, 0.6) is 0 Å². The van der Waals surface area contributed by atoms with Crippen LogP contribution in [-0.2, 0) is 9.59 Å². The van der Waals surface area contributed by atoms with Crippen LogP contribution in [0.25, 0.3) is 0 Å². The van der Waals surface area contributed by atoms with E-state index in [0.29, 0.717) is 19.3 Å². The van der Waals surface area contributed by atoms with Crippen LogP contribution < -0.4 is 0 Å². The van der Waals surface area contributed by atoms with E-state index in [0.717, 1.165) is 25.7 Å². The second-order valence-electron chi connectivity index (χ2n) is 9.31. The van der Waals surface area contributed by atoms with Gasteiger partial charge in [-0.3, -0.25) is 9.59 Å². The Morgan fingerprint density at radius 2 is 2.00 bits per heavy atom. The van der Waals surface area contributed by atoms with E-state index < -0.39 is 18.1 Å². The minimum absolute atomic E-state index is 0.0863. The van der Waals surface area contributed by atoms with E-state index in [2.05, 4.69) is 6.92 Å². The standard InChI is InChI=1S/C21H30O5/c1-20-7-6-13(24)8-12(20)2-3-14-15-4-5-16(18(26)10-22)21(15,11-23)9-17(25)19(14)20/h8,14-17,19,22-23,25H,2-7,9-11H2,1H3. The average Bonchev–Trinajstić information content (AvgIpc) is 3.00. The first-order valence-electron chi connectivity index (χ1n) is 10.0. The zero-order valence-electron chi connectivity index (χ0n) is 15.5. The summed E-state index contributed by atoms with van der Waals surface area (Å²) in [6.07, 6.45) is 6.31. The summed E-state index contributed by atoms with van der Waals surface area (Å²) in [7, 11) is 0. The number of carbonyl (C=O) groups is 2. The molecule has 26 heavy (non-hydrogen) atoms. The molecule has 0 amide bonds. The first kappa shape index (κ1) is 18.3. The molecule has 0 aliphatic heterocycles. The van der Waals surface area contributed by atoms with Gasteiger partial charge in [0.05, 0.1) is 6.10 Å². The molecule has 0 aromatic heterocycles. The van der Waals surface area contributed by atoms with Gasteiger partial charge in [0.1, 0.15) is 6.61 Å². The van der Waals surface area contributed by atoms with Gasteiger partial charge < -0.3 is 15.3 Å². The van der Waals surface area contributed by atoms with Gasteiger partial charge in [-0.2, -0.15) is 0 Å². The average molecular weight is 362 g/mol. The van der Waals surface area contributed by atoms with Crippen LogP contribution in [0.2, 0.25) is 0 Å².